The van der Waals surface area contributed by atoms with Crippen molar-refractivity contribution in [1.29, 1.82) is 0 Å². The van der Waals surface area contributed by atoms with Crippen LogP contribution >= 0.6 is 0 Å². The zero-order valence-electron chi connectivity index (χ0n) is 8.66. The first kappa shape index (κ1) is 9.44. The van der Waals surface area contributed by atoms with Crippen molar-refractivity contribution >= 4 is 5.82 Å². The average Bonchev–Trinajstić information content (AvgIpc) is 2.13. The molecule has 1 aromatic heterocycles. The number of rotatable bonds is 4. The van der Waals surface area contributed by atoms with Gasteiger partial charge in [-0.1, -0.05) is 13.3 Å². The first-order chi connectivity index (χ1) is 6.88. The van der Waals surface area contributed by atoms with Crippen molar-refractivity contribution in [1.82, 2.24) is 9.97 Å². The fourth-order valence-corrected chi connectivity index (χ4v) is 1.63. The van der Waals surface area contributed by atoms with E-state index in [0.29, 0.717) is 6.04 Å². The third kappa shape index (κ3) is 2.22. The predicted octanol–water partition coefficient (Wildman–Crippen LogP) is 2.39. The van der Waals surface area contributed by atoms with E-state index in [9.17, 15) is 0 Å². The second kappa shape index (κ2) is 4.40. The molecule has 1 N–H and O–H groups in total. The van der Waals surface area contributed by atoms with Gasteiger partial charge in [-0.25, -0.2) is 9.97 Å². The number of hydrogen-bond donors (Lipinski definition) is 1. The second-order valence-corrected chi connectivity index (χ2v) is 3.92. The number of aryl methyl sites for hydroxylation is 1. The Labute approximate surface area is 85.0 Å². The highest BCUT2D eigenvalue weighted by molar-refractivity contribution is 5.36. The van der Waals surface area contributed by atoms with Gasteiger partial charge in [-0.05, 0) is 25.7 Å². The van der Waals surface area contributed by atoms with Gasteiger partial charge in [0, 0.05) is 17.8 Å². The van der Waals surface area contributed by atoms with Gasteiger partial charge in [0.25, 0.3) is 0 Å². The molecule has 0 unspecified atom stereocenters. The summed E-state index contributed by atoms with van der Waals surface area (Å²) in [7, 11) is 0. The highest BCUT2D eigenvalue weighted by Gasteiger charge is 2.17. The Morgan fingerprint density at radius 2 is 2.29 bits per heavy atom. The fraction of sp³-hybridized carbons (Fsp3) is 0.636. The van der Waals surface area contributed by atoms with Crippen molar-refractivity contribution < 1.29 is 0 Å². The summed E-state index contributed by atoms with van der Waals surface area (Å²) in [6.45, 7) is 2.17. The maximum Gasteiger partial charge on any atom is 0.129 e. The molecule has 14 heavy (non-hydrogen) atoms. The van der Waals surface area contributed by atoms with Crippen LogP contribution in [0.1, 0.15) is 38.3 Å². The summed E-state index contributed by atoms with van der Waals surface area (Å²) in [4.78, 5) is 8.45. The van der Waals surface area contributed by atoms with Crippen LogP contribution in [0.2, 0.25) is 0 Å². The summed E-state index contributed by atoms with van der Waals surface area (Å²) in [6.07, 6.45) is 7.76. The third-order valence-electron chi connectivity index (χ3n) is 2.69. The minimum Gasteiger partial charge on any atom is -0.367 e. The number of nitrogens with zero attached hydrogens (tertiary/aromatic N) is 2. The smallest absolute Gasteiger partial charge is 0.129 e. The van der Waals surface area contributed by atoms with E-state index < -0.39 is 0 Å². The standard InChI is InChI=1S/C11H17N3/c1-2-4-10-7-11(13-8-12-10)14-9-5-3-6-9/h7-9H,2-6H2,1H3,(H,12,13,14). The van der Waals surface area contributed by atoms with Gasteiger partial charge < -0.3 is 5.32 Å². The van der Waals surface area contributed by atoms with Crippen LogP contribution in [0.4, 0.5) is 5.82 Å². The van der Waals surface area contributed by atoms with E-state index in [1.165, 1.54) is 19.3 Å². The van der Waals surface area contributed by atoms with Crippen molar-refractivity contribution in [3.63, 3.8) is 0 Å². The molecule has 0 aliphatic heterocycles. The van der Waals surface area contributed by atoms with E-state index in [4.69, 9.17) is 0 Å². The van der Waals surface area contributed by atoms with Crippen LogP contribution < -0.4 is 5.32 Å². The maximum atomic E-state index is 4.23. The molecule has 1 saturated carbocycles. The zero-order chi connectivity index (χ0) is 9.80. The number of aromatic nitrogens is 2. The van der Waals surface area contributed by atoms with Crippen molar-refractivity contribution in [3.05, 3.63) is 18.1 Å². The quantitative estimate of drug-likeness (QED) is 0.794. The van der Waals surface area contributed by atoms with Crippen LogP contribution in [0.3, 0.4) is 0 Å². The number of hydrogen-bond acceptors (Lipinski definition) is 3. The molecule has 1 aliphatic carbocycles. The van der Waals surface area contributed by atoms with Gasteiger partial charge in [-0.15, -0.1) is 0 Å². The molecule has 0 bridgehead atoms. The van der Waals surface area contributed by atoms with Gasteiger partial charge >= 0.3 is 0 Å². The molecule has 0 radical (unpaired) electrons. The highest BCUT2D eigenvalue weighted by Crippen LogP contribution is 2.22. The maximum absolute atomic E-state index is 4.23. The van der Waals surface area contributed by atoms with Gasteiger partial charge in [0.2, 0.25) is 0 Å². The summed E-state index contributed by atoms with van der Waals surface area (Å²) in [6, 6.07) is 2.72. The molecule has 76 valence electrons. The van der Waals surface area contributed by atoms with Gasteiger partial charge in [-0.3, -0.25) is 0 Å². The van der Waals surface area contributed by atoms with Crippen LogP contribution in [0.25, 0.3) is 0 Å². The SMILES string of the molecule is CCCc1cc(NC2CCC2)ncn1. The Hall–Kier alpha value is -1.12. The lowest BCUT2D eigenvalue weighted by atomic mass is 9.93. The lowest BCUT2D eigenvalue weighted by Crippen LogP contribution is -2.27. The summed E-state index contributed by atoms with van der Waals surface area (Å²) in [5.74, 6) is 0.994. The van der Waals surface area contributed by atoms with Gasteiger partial charge in [0.05, 0.1) is 0 Å². The minimum atomic E-state index is 0.652. The van der Waals surface area contributed by atoms with E-state index >= 15 is 0 Å². The molecule has 0 aromatic carbocycles. The third-order valence-corrected chi connectivity index (χ3v) is 2.69. The van der Waals surface area contributed by atoms with Crippen molar-refractivity contribution in [2.45, 2.75) is 45.1 Å². The molecular formula is C11H17N3. The van der Waals surface area contributed by atoms with Crippen molar-refractivity contribution in [2.24, 2.45) is 0 Å². The Kier molecular flexibility index (Phi) is 2.96. The van der Waals surface area contributed by atoms with E-state index in [2.05, 4.69) is 28.3 Å². The summed E-state index contributed by atoms with van der Waals surface area (Å²) in [5.41, 5.74) is 1.14. The van der Waals surface area contributed by atoms with Crippen LogP contribution in [0, 0.1) is 0 Å². The molecule has 3 nitrogen and oxygen atoms in total. The largest absolute Gasteiger partial charge is 0.367 e. The number of nitrogens with one attached hydrogen (secondary N) is 1. The summed E-state index contributed by atoms with van der Waals surface area (Å²) >= 11 is 0. The lowest BCUT2D eigenvalue weighted by Gasteiger charge is -2.26. The Morgan fingerprint density at radius 3 is 2.93 bits per heavy atom. The average molecular weight is 191 g/mol. The van der Waals surface area contributed by atoms with Crippen molar-refractivity contribution in [3.8, 4) is 0 Å². The molecule has 1 aromatic rings. The van der Waals surface area contributed by atoms with Gasteiger partial charge in [-0.2, -0.15) is 0 Å². The lowest BCUT2D eigenvalue weighted by molar-refractivity contribution is 0.444. The van der Waals surface area contributed by atoms with Crippen LogP contribution in [0.5, 0.6) is 0 Å². The molecular weight excluding hydrogens is 174 g/mol. The first-order valence-corrected chi connectivity index (χ1v) is 5.46. The molecule has 2 rings (SSSR count). The van der Waals surface area contributed by atoms with Gasteiger partial charge in [0.15, 0.2) is 0 Å². The molecule has 1 aliphatic rings. The predicted molar refractivity (Wildman–Crippen MR) is 57.3 cm³/mol. The molecule has 1 fully saturated rings. The Balaban J connectivity index is 1.97. The van der Waals surface area contributed by atoms with Crippen LogP contribution in [-0.2, 0) is 6.42 Å². The Morgan fingerprint density at radius 1 is 1.43 bits per heavy atom. The number of anilines is 1. The van der Waals surface area contributed by atoms with E-state index in [1.807, 2.05) is 0 Å². The molecule has 0 spiro atoms. The topological polar surface area (TPSA) is 37.8 Å². The fourth-order valence-electron chi connectivity index (χ4n) is 1.63. The minimum absolute atomic E-state index is 0.652. The molecule has 0 amide bonds. The molecule has 3 heteroatoms. The normalized spacial score (nSPS) is 16.4. The van der Waals surface area contributed by atoms with Gasteiger partial charge in [0.1, 0.15) is 12.1 Å². The summed E-state index contributed by atoms with van der Waals surface area (Å²) in [5, 5.41) is 3.43. The first-order valence-electron chi connectivity index (χ1n) is 5.46. The Bertz CT molecular complexity index is 294. The van der Waals surface area contributed by atoms with E-state index in [0.717, 1.165) is 24.4 Å². The monoisotopic (exact) mass is 191 g/mol. The highest BCUT2D eigenvalue weighted by atomic mass is 15.0. The van der Waals surface area contributed by atoms with Crippen LogP contribution in [-0.4, -0.2) is 16.0 Å². The van der Waals surface area contributed by atoms with Crippen LogP contribution in [0.15, 0.2) is 12.4 Å². The molecule has 0 atom stereocenters. The molecule has 0 saturated heterocycles. The van der Waals surface area contributed by atoms with Crippen molar-refractivity contribution in [2.75, 3.05) is 5.32 Å². The molecule has 1 heterocycles. The van der Waals surface area contributed by atoms with E-state index in [-0.39, 0.29) is 0 Å². The van der Waals surface area contributed by atoms with E-state index in [1.54, 1.807) is 6.33 Å². The summed E-state index contributed by atoms with van der Waals surface area (Å²) < 4.78 is 0. The second-order valence-electron chi connectivity index (χ2n) is 3.92. The zero-order valence-corrected chi connectivity index (χ0v) is 8.66.